The maximum atomic E-state index is 12.8. The summed E-state index contributed by atoms with van der Waals surface area (Å²) in [5.41, 5.74) is 2.82. The molecule has 2 amide bonds. The Morgan fingerprint density at radius 1 is 1.12 bits per heavy atom. The van der Waals surface area contributed by atoms with E-state index in [0.29, 0.717) is 5.56 Å². The van der Waals surface area contributed by atoms with Gasteiger partial charge in [-0.25, -0.2) is 4.79 Å². The van der Waals surface area contributed by atoms with Crippen molar-refractivity contribution in [2.45, 2.75) is 31.2 Å². The highest BCUT2D eigenvalue weighted by atomic mass is 16.5. The molecule has 2 aromatic carbocycles. The third-order valence-corrected chi connectivity index (χ3v) is 5.75. The predicted molar refractivity (Wildman–Crippen MR) is 117 cm³/mol. The molecule has 8 heteroatoms. The normalized spacial score (nSPS) is 15.6. The lowest BCUT2D eigenvalue weighted by Gasteiger charge is -2.35. The number of hydrogen-bond acceptors (Lipinski definition) is 5. The van der Waals surface area contributed by atoms with Crippen LogP contribution in [0, 0.1) is 29.6 Å². The van der Waals surface area contributed by atoms with Crippen LogP contribution in [-0.4, -0.2) is 42.4 Å². The number of carbonyl (C=O) groups excluding carboxylic acids is 1. The highest BCUT2D eigenvalue weighted by Crippen LogP contribution is 2.25. The van der Waals surface area contributed by atoms with Gasteiger partial charge >= 0.3 is 6.09 Å². The molecule has 8 nitrogen and oxygen atoms in total. The highest BCUT2D eigenvalue weighted by molar-refractivity contribution is 5.89. The van der Waals surface area contributed by atoms with E-state index in [1.54, 1.807) is 0 Å². The molecule has 3 N–H and O–H groups in total. The number of carbonyl (C=O) groups is 2. The molecule has 0 spiro atoms. The van der Waals surface area contributed by atoms with Crippen molar-refractivity contribution in [3.8, 4) is 23.3 Å². The van der Waals surface area contributed by atoms with E-state index < -0.39 is 23.5 Å². The molecular formula is C24H24N4O4. The van der Waals surface area contributed by atoms with Crippen LogP contribution in [0.4, 0.5) is 4.79 Å². The van der Waals surface area contributed by atoms with Crippen molar-refractivity contribution in [3.63, 3.8) is 0 Å². The van der Waals surface area contributed by atoms with Crippen LogP contribution in [0.1, 0.15) is 35.4 Å². The van der Waals surface area contributed by atoms with E-state index >= 15 is 0 Å². The summed E-state index contributed by atoms with van der Waals surface area (Å²) in [5.74, 6) is -1.05. The van der Waals surface area contributed by atoms with Crippen molar-refractivity contribution < 1.29 is 19.4 Å². The monoisotopic (exact) mass is 432 g/mol. The van der Waals surface area contributed by atoms with Gasteiger partial charge in [-0.3, -0.25) is 4.79 Å². The largest absolute Gasteiger partial charge is 0.465 e. The van der Waals surface area contributed by atoms with Crippen LogP contribution >= 0.6 is 0 Å². The lowest BCUT2D eigenvalue weighted by molar-refractivity contribution is -0.131. The van der Waals surface area contributed by atoms with Crippen LogP contribution in [0.5, 0.6) is 0 Å². The lowest BCUT2D eigenvalue weighted by atomic mass is 9.88. The zero-order chi connectivity index (χ0) is 23.1. The van der Waals surface area contributed by atoms with E-state index in [2.05, 4.69) is 22.8 Å². The molecule has 2 aromatic rings. The number of rotatable bonds is 6. The number of nitriles is 2. The number of amides is 2. The smallest absolute Gasteiger partial charge is 0.405 e. The van der Waals surface area contributed by atoms with Gasteiger partial charge in [-0.05, 0) is 35.2 Å². The summed E-state index contributed by atoms with van der Waals surface area (Å²) in [7, 11) is 0. The SMILES string of the molecule is Cc1ccc(-c2ccc(C(C#N)CNC(=O)C3(NC(=O)O)CCOCC3)cc2)cc1C#N. The van der Waals surface area contributed by atoms with E-state index in [1.807, 2.05) is 49.4 Å². The van der Waals surface area contributed by atoms with Crippen LogP contribution in [0.3, 0.4) is 0 Å². The Hall–Kier alpha value is -3.88. The van der Waals surface area contributed by atoms with Crippen molar-refractivity contribution in [2.24, 2.45) is 0 Å². The average molecular weight is 432 g/mol. The minimum absolute atomic E-state index is 0.0572. The van der Waals surface area contributed by atoms with Crippen LogP contribution in [0.15, 0.2) is 42.5 Å². The van der Waals surface area contributed by atoms with Gasteiger partial charge in [-0.2, -0.15) is 10.5 Å². The quantitative estimate of drug-likeness (QED) is 0.642. The molecule has 3 rings (SSSR count). The molecule has 32 heavy (non-hydrogen) atoms. The maximum Gasteiger partial charge on any atom is 0.405 e. The van der Waals surface area contributed by atoms with Crippen molar-refractivity contribution in [1.29, 1.82) is 10.5 Å². The topological polar surface area (TPSA) is 135 Å². The first-order valence-electron chi connectivity index (χ1n) is 10.3. The average Bonchev–Trinajstić information content (AvgIpc) is 2.80. The minimum Gasteiger partial charge on any atom is -0.465 e. The Labute approximate surface area is 186 Å². The minimum atomic E-state index is -1.27. The van der Waals surface area contributed by atoms with Crippen LogP contribution in [0.25, 0.3) is 11.1 Å². The van der Waals surface area contributed by atoms with Gasteiger partial charge in [0.25, 0.3) is 0 Å². The van der Waals surface area contributed by atoms with Gasteiger partial charge in [0.1, 0.15) is 5.54 Å². The fourth-order valence-electron chi connectivity index (χ4n) is 3.77. The Kier molecular flexibility index (Phi) is 7.09. The summed E-state index contributed by atoms with van der Waals surface area (Å²) in [6.45, 7) is 2.50. The third-order valence-electron chi connectivity index (χ3n) is 5.75. The van der Waals surface area contributed by atoms with Gasteiger partial charge in [0.15, 0.2) is 0 Å². The summed E-state index contributed by atoms with van der Waals surface area (Å²) in [6, 6.07) is 17.4. The van der Waals surface area contributed by atoms with Gasteiger partial charge < -0.3 is 20.5 Å². The standard InChI is InChI=1S/C24H24N4O4/c1-16-2-3-19(12-20(16)13-25)17-4-6-18(7-5-17)21(14-26)15-27-22(29)24(28-23(30)31)8-10-32-11-9-24/h2-7,12,21,28H,8-11,15H2,1H3,(H,27,29)(H,30,31). The van der Waals surface area contributed by atoms with Gasteiger partial charge in [-0.15, -0.1) is 0 Å². The molecule has 0 aliphatic carbocycles. The first-order valence-corrected chi connectivity index (χ1v) is 10.3. The molecule has 0 radical (unpaired) electrons. The molecule has 1 aliphatic heterocycles. The number of hydrogen-bond donors (Lipinski definition) is 3. The zero-order valence-electron chi connectivity index (χ0n) is 17.7. The molecule has 1 atom stereocenters. The van der Waals surface area contributed by atoms with Crippen molar-refractivity contribution in [2.75, 3.05) is 19.8 Å². The van der Waals surface area contributed by atoms with Crippen molar-refractivity contribution >= 4 is 12.0 Å². The fraction of sp³-hybridized carbons (Fsp3) is 0.333. The van der Waals surface area contributed by atoms with Gasteiger partial charge in [0, 0.05) is 32.6 Å². The first kappa shape index (κ1) is 22.8. The van der Waals surface area contributed by atoms with Gasteiger partial charge in [0.05, 0.1) is 23.6 Å². The summed E-state index contributed by atoms with van der Waals surface area (Å²) >= 11 is 0. The van der Waals surface area contributed by atoms with Gasteiger partial charge in [-0.1, -0.05) is 36.4 Å². The Morgan fingerprint density at radius 3 is 2.38 bits per heavy atom. The van der Waals surface area contributed by atoms with E-state index in [-0.39, 0.29) is 32.6 Å². The molecule has 0 aromatic heterocycles. The van der Waals surface area contributed by atoms with Crippen LogP contribution in [0.2, 0.25) is 0 Å². The second kappa shape index (κ2) is 9.95. The molecule has 0 bridgehead atoms. The molecule has 0 saturated carbocycles. The van der Waals surface area contributed by atoms with E-state index in [4.69, 9.17) is 9.84 Å². The van der Waals surface area contributed by atoms with Crippen molar-refractivity contribution in [3.05, 3.63) is 59.2 Å². The molecule has 1 saturated heterocycles. The molecule has 1 heterocycles. The summed E-state index contributed by atoms with van der Waals surface area (Å²) < 4.78 is 5.26. The molecular weight excluding hydrogens is 408 g/mol. The molecule has 164 valence electrons. The number of benzene rings is 2. The summed E-state index contributed by atoms with van der Waals surface area (Å²) in [5, 5.41) is 33.1. The Morgan fingerprint density at radius 2 is 1.78 bits per heavy atom. The Bertz CT molecular complexity index is 1080. The fourth-order valence-corrected chi connectivity index (χ4v) is 3.77. The number of nitrogens with one attached hydrogen (secondary N) is 2. The summed E-state index contributed by atoms with van der Waals surface area (Å²) in [6.07, 6.45) is -0.804. The second-order valence-electron chi connectivity index (χ2n) is 7.78. The van der Waals surface area contributed by atoms with Crippen LogP contribution < -0.4 is 10.6 Å². The molecule has 1 aliphatic rings. The highest BCUT2D eigenvalue weighted by Gasteiger charge is 2.41. The van der Waals surface area contributed by atoms with E-state index in [0.717, 1.165) is 22.3 Å². The van der Waals surface area contributed by atoms with Gasteiger partial charge in [0.2, 0.25) is 5.91 Å². The molecule has 1 unspecified atom stereocenters. The molecule has 1 fully saturated rings. The number of carboxylic acid groups (broad SMARTS) is 1. The van der Waals surface area contributed by atoms with E-state index in [9.17, 15) is 20.1 Å². The maximum absolute atomic E-state index is 12.8. The third kappa shape index (κ3) is 5.05. The number of aryl methyl sites for hydroxylation is 1. The summed E-state index contributed by atoms with van der Waals surface area (Å²) in [4.78, 5) is 24.0. The predicted octanol–water partition coefficient (Wildman–Crippen LogP) is 3.07. The van der Waals surface area contributed by atoms with Crippen molar-refractivity contribution in [1.82, 2.24) is 10.6 Å². The number of nitrogens with zero attached hydrogens (tertiary/aromatic N) is 2. The van der Waals surface area contributed by atoms with Crippen LogP contribution in [-0.2, 0) is 9.53 Å². The zero-order valence-corrected chi connectivity index (χ0v) is 17.7. The lowest BCUT2D eigenvalue weighted by Crippen LogP contribution is -2.61. The number of ether oxygens (including phenoxy) is 1. The first-order chi connectivity index (χ1) is 15.4. The van der Waals surface area contributed by atoms with E-state index in [1.165, 1.54) is 0 Å². The second-order valence-corrected chi connectivity index (χ2v) is 7.78. The Balaban J connectivity index is 1.71.